The third-order valence-corrected chi connectivity index (χ3v) is 7.49. The number of nitrogens with two attached hydrogens (primary N) is 1. The highest BCUT2D eigenvalue weighted by atomic mass is 19.4. The van der Waals surface area contributed by atoms with Crippen molar-refractivity contribution in [3.63, 3.8) is 0 Å². The summed E-state index contributed by atoms with van der Waals surface area (Å²) in [6.45, 7) is 3.23. The van der Waals surface area contributed by atoms with Gasteiger partial charge in [0.2, 0.25) is 5.96 Å². The number of nitrogens with one attached hydrogen (secondary N) is 1. The molecule has 3 N–H and O–H groups in total. The van der Waals surface area contributed by atoms with Gasteiger partial charge in [-0.15, -0.1) is 5.10 Å². The maximum atomic E-state index is 13.5. The van der Waals surface area contributed by atoms with Crippen LogP contribution in [0, 0.1) is 5.92 Å². The second kappa shape index (κ2) is 12.1. The first kappa shape index (κ1) is 30.3. The van der Waals surface area contributed by atoms with Gasteiger partial charge in [-0.2, -0.15) is 26.3 Å². The lowest BCUT2D eigenvalue weighted by Gasteiger charge is -2.30. The van der Waals surface area contributed by atoms with E-state index in [-0.39, 0.29) is 30.7 Å². The van der Waals surface area contributed by atoms with Crippen molar-refractivity contribution in [2.24, 2.45) is 23.8 Å². The van der Waals surface area contributed by atoms with Crippen molar-refractivity contribution < 1.29 is 26.3 Å². The van der Waals surface area contributed by atoms with E-state index < -0.39 is 23.5 Å². The van der Waals surface area contributed by atoms with Gasteiger partial charge >= 0.3 is 12.4 Å². The highest BCUT2D eigenvalue weighted by Gasteiger charge is 2.37. The number of aryl methyl sites for hydroxylation is 1. The first-order valence-corrected chi connectivity index (χ1v) is 13.5. The number of hydrogen-bond acceptors (Lipinski definition) is 4. The molecule has 1 aliphatic rings. The maximum Gasteiger partial charge on any atom is 0.416 e. The Bertz CT molecular complexity index is 1340. The van der Waals surface area contributed by atoms with Crippen LogP contribution in [0.3, 0.4) is 0 Å². The Morgan fingerprint density at radius 1 is 1.05 bits per heavy atom. The third kappa shape index (κ3) is 7.17. The Morgan fingerprint density at radius 3 is 2.24 bits per heavy atom. The Hall–Kier alpha value is -3.64. The summed E-state index contributed by atoms with van der Waals surface area (Å²) in [5.74, 6) is 1.14. The van der Waals surface area contributed by atoms with E-state index in [1.807, 2.05) is 36.9 Å². The normalized spacial score (nSPS) is 15.1. The molecule has 0 saturated heterocycles. The van der Waals surface area contributed by atoms with Gasteiger partial charge in [-0.05, 0) is 61.6 Å². The molecule has 41 heavy (non-hydrogen) atoms. The van der Waals surface area contributed by atoms with Gasteiger partial charge in [0, 0.05) is 52.0 Å². The molecule has 2 heterocycles. The van der Waals surface area contributed by atoms with Crippen LogP contribution in [0.1, 0.15) is 54.9 Å². The van der Waals surface area contributed by atoms with Gasteiger partial charge in [-0.3, -0.25) is 0 Å². The molecule has 2 aromatic heterocycles. The third-order valence-electron chi connectivity index (χ3n) is 7.49. The zero-order valence-corrected chi connectivity index (χ0v) is 23.3. The molecule has 3 aromatic rings. The molecule has 0 spiro atoms. The van der Waals surface area contributed by atoms with Crippen LogP contribution < -0.4 is 16.1 Å². The van der Waals surface area contributed by atoms with Crippen molar-refractivity contribution in [3.05, 3.63) is 58.8 Å². The van der Waals surface area contributed by atoms with Crippen LogP contribution in [0.5, 0.6) is 0 Å². The average Bonchev–Trinajstić information content (AvgIpc) is 3.55. The molecular weight excluding hydrogens is 548 g/mol. The number of rotatable bonds is 9. The van der Waals surface area contributed by atoms with E-state index in [1.165, 1.54) is 24.8 Å². The monoisotopic (exact) mass is 583 g/mol. The summed E-state index contributed by atoms with van der Waals surface area (Å²) in [4.78, 5) is 8.59. The fourth-order valence-corrected chi connectivity index (χ4v) is 5.41. The Kier molecular flexibility index (Phi) is 8.93. The van der Waals surface area contributed by atoms with Crippen molar-refractivity contribution in [3.8, 4) is 0 Å². The fraction of sp³-hybridized carbons (Fsp3) is 0.500. The molecule has 4 rings (SSSR count). The summed E-state index contributed by atoms with van der Waals surface area (Å²) < 4.78 is 83.2. The zero-order chi connectivity index (χ0) is 29.9. The Labute approximate surface area is 235 Å². The van der Waals surface area contributed by atoms with Crippen LogP contribution in [-0.2, 0) is 32.5 Å². The largest absolute Gasteiger partial charge is 0.416 e. The quantitative estimate of drug-likeness (QED) is 0.138. The molecule has 0 atom stereocenters. The summed E-state index contributed by atoms with van der Waals surface area (Å²) >= 11 is 0. The fourth-order valence-electron chi connectivity index (χ4n) is 5.41. The average molecular weight is 584 g/mol. The van der Waals surface area contributed by atoms with Gasteiger partial charge in [0.1, 0.15) is 5.82 Å². The van der Waals surface area contributed by atoms with Crippen molar-refractivity contribution in [1.82, 2.24) is 19.9 Å². The molecule has 0 radical (unpaired) electrons. The van der Waals surface area contributed by atoms with Gasteiger partial charge < -0.3 is 25.5 Å². The number of anilines is 1. The summed E-state index contributed by atoms with van der Waals surface area (Å²) in [5, 5.41) is 3.99. The number of alkyl halides is 6. The van der Waals surface area contributed by atoms with Crippen LogP contribution in [0.4, 0.5) is 32.2 Å². The van der Waals surface area contributed by atoms with E-state index in [1.54, 1.807) is 0 Å². The van der Waals surface area contributed by atoms with Crippen LogP contribution in [0.2, 0.25) is 0 Å². The van der Waals surface area contributed by atoms with Crippen molar-refractivity contribution in [1.29, 1.82) is 0 Å². The van der Waals surface area contributed by atoms with Crippen LogP contribution in [0.25, 0.3) is 11.0 Å². The lowest BCUT2D eigenvalue weighted by molar-refractivity contribution is -0.143. The van der Waals surface area contributed by atoms with E-state index in [4.69, 9.17) is 10.7 Å². The number of hydrazone groups is 1. The number of guanidine groups is 1. The van der Waals surface area contributed by atoms with Crippen molar-refractivity contribution >= 4 is 22.8 Å². The van der Waals surface area contributed by atoms with Crippen molar-refractivity contribution in [2.45, 2.75) is 58.0 Å². The molecule has 1 saturated carbocycles. The second-order valence-corrected chi connectivity index (χ2v) is 10.5. The minimum absolute atomic E-state index is 0.0548. The second-order valence-electron chi connectivity index (χ2n) is 10.5. The van der Waals surface area contributed by atoms with Gasteiger partial charge in [0.25, 0.3) is 0 Å². The summed E-state index contributed by atoms with van der Waals surface area (Å²) in [6, 6.07) is 5.40. The van der Waals surface area contributed by atoms with E-state index in [9.17, 15) is 26.3 Å². The molecule has 0 amide bonds. The van der Waals surface area contributed by atoms with E-state index in [0.29, 0.717) is 30.4 Å². The SMILES string of the molecule is CCN(CC1CCCC1)c1nc2ccn(C)c2cc1CN(Cc1cc(C(F)(F)F)cc(C(F)(F)F)c1)/C(N)=N/NC. The van der Waals surface area contributed by atoms with Crippen molar-refractivity contribution in [2.75, 3.05) is 25.0 Å². The van der Waals surface area contributed by atoms with Gasteiger partial charge in [-0.1, -0.05) is 12.8 Å². The molecule has 1 fully saturated rings. The van der Waals surface area contributed by atoms with E-state index in [2.05, 4.69) is 15.4 Å². The van der Waals surface area contributed by atoms with Crippen LogP contribution in [-0.4, -0.2) is 40.5 Å². The van der Waals surface area contributed by atoms with Crippen LogP contribution in [0.15, 0.2) is 41.6 Å². The molecule has 0 aliphatic heterocycles. The molecule has 0 unspecified atom stereocenters. The number of aromatic nitrogens is 2. The Balaban J connectivity index is 1.77. The molecular formula is C28H35F6N7. The lowest BCUT2D eigenvalue weighted by Crippen LogP contribution is -2.38. The summed E-state index contributed by atoms with van der Waals surface area (Å²) in [7, 11) is 3.37. The van der Waals surface area contributed by atoms with Gasteiger partial charge in [-0.25, -0.2) is 4.98 Å². The standard InChI is InChI=1S/C28H35F6N7/c1-4-40(15-18-7-5-6-8-18)25-20(13-24-23(37-25)9-10-39(24)3)17-41(26(35)38-36-2)16-19-11-21(27(29,30)31)14-22(12-19)28(32,33)34/h9-14,18,36H,4-8,15-17H2,1-3H3,(H2,35,38). The lowest BCUT2D eigenvalue weighted by atomic mass is 10.0. The first-order valence-electron chi connectivity index (χ1n) is 13.5. The number of hydrogen-bond donors (Lipinski definition) is 2. The number of benzene rings is 1. The van der Waals surface area contributed by atoms with Gasteiger partial charge in [0.15, 0.2) is 0 Å². The maximum absolute atomic E-state index is 13.5. The molecule has 1 aromatic carbocycles. The Morgan fingerprint density at radius 2 is 1.68 bits per heavy atom. The smallest absolute Gasteiger partial charge is 0.368 e. The molecule has 13 heteroatoms. The predicted octanol–water partition coefficient (Wildman–Crippen LogP) is 6.08. The molecule has 0 bridgehead atoms. The highest BCUT2D eigenvalue weighted by molar-refractivity contribution is 5.81. The topological polar surface area (TPSA) is 74.7 Å². The molecule has 1 aliphatic carbocycles. The summed E-state index contributed by atoms with van der Waals surface area (Å²) in [6.07, 6.45) is -3.41. The molecule has 224 valence electrons. The minimum atomic E-state index is -4.96. The van der Waals surface area contributed by atoms with E-state index in [0.717, 1.165) is 36.0 Å². The number of halogens is 6. The minimum Gasteiger partial charge on any atom is -0.368 e. The number of nitrogens with zero attached hydrogens (tertiary/aromatic N) is 5. The number of pyridine rings is 1. The molecule has 7 nitrogen and oxygen atoms in total. The highest BCUT2D eigenvalue weighted by Crippen LogP contribution is 2.37. The van der Waals surface area contributed by atoms with E-state index >= 15 is 0 Å². The first-order chi connectivity index (χ1) is 19.3. The summed E-state index contributed by atoms with van der Waals surface area (Å²) in [5.41, 5.74) is 8.16. The van der Waals surface area contributed by atoms with Crippen LogP contribution >= 0.6 is 0 Å². The number of fused-ring (bicyclic) bond motifs is 1. The van der Waals surface area contributed by atoms with Gasteiger partial charge in [0.05, 0.1) is 22.2 Å². The predicted molar refractivity (Wildman–Crippen MR) is 147 cm³/mol. The zero-order valence-electron chi connectivity index (χ0n) is 23.3.